The Bertz CT molecular complexity index is 1960. The average molecular weight is 1490 g/mol. The first-order valence-corrected chi connectivity index (χ1v) is 46.0. The summed E-state index contributed by atoms with van der Waals surface area (Å²) >= 11 is 0. The highest BCUT2D eigenvalue weighted by Gasteiger charge is 2.30. The van der Waals surface area contributed by atoms with Crippen LogP contribution < -0.4 is 0 Å². The van der Waals surface area contributed by atoms with Crippen LogP contribution in [-0.2, 0) is 65.4 Å². The molecule has 6 atom stereocenters. The molecular weight excluding hydrogens is 1330 g/mol. The number of phosphoric acid groups is 2. The Labute approximate surface area is 626 Å². The van der Waals surface area contributed by atoms with Crippen molar-refractivity contribution < 1.29 is 80.2 Å². The van der Waals surface area contributed by atoms with Crippen molar-refractivity contribution in [3.63, 3.8) is 0 Å². The van der Waals surface area contributed by atoms with Crippen LogP contribution in [0, 0.1) is 11.8 Å². The first-order chi connectivity index (χ1) is 49.4. The van der Waals surface area contributed by atoms with Crippen molar-refractivity contribution in [3.8, 4) is 0 Å². The summed E-state index contributed by atoms with van der Waals surface area (Å²) in [6.45, 7) is 9.69. The van der Waals surface area contributed by atoms with E-state index in [-0.39, 0.29) is 25.7 Å². The maximum atomic E-state index is 13.1. The highest BCUT2D eigenvalue weighted by molar-refractivity contribution is 7.47. The molecule has 3 N–H and O–H groups in total. The van der Waals surface area contributed by atoms with Crippen LogP contribution in [0.3, 0.4) is 0 Å². The second-order valence-corrected chi connectivity index (χ2v) is 33.5. The lowest BCUT2D eigenvalue weighted by Gasteiger charge is -2.21. The number of hydrogen-bond donors (Lipinski definition) is 3. The van der Waals surface area contributed by atoms with Crippen molar-refractivity contribution >= 4 is 39.5 Å². The van der Waals surface area contributed by atoms with Gasteiger partial charge in [0, 0.05) is 25.7 Å². The third kappa shape index (κ3) is 74.9. The molecule has 0 aromatic carbocycles. The third-order valence-electron chi connectivity index (χ3n) is 19.8. The molecule has 0 saturated carbocycles. The molecule has 606 valence electrons. The highest BCUT2D eigenvalue weighted by atomic mass is 31.2. The number of unbranched alkanes of at least 4 members (excludes halogenated alkanes) is 51. The predicted octanol–water partition coefficient (Wildman–Crippen LogP) is 25.1. The third-order valence-corrected chi connectivity index (χ3v) is 21.7. The largest absolute Gasteiger partial charge is 0.472 e. The molecule has 0 aliphatic heterocycles. The van der Waals surface area contributed by atoms with Gasteiger partial charge in [-0.25, -0.2) is 9.13 Å². The van der Waals surface area contributed by atoms with E-state index in [9.17, 15) is 43.2 Å². The molecule has 17 nitrogen and oxygen atoms in total. The zero-order valence-corrected chi connectivity index (χ0v) is 68.7. The summed E-state index contributed by atoms with van der Waals surface area (Å²) in [4.78, 5) is 73.1. The first kappa shape index (κ1) is 100. The van der Waals surface area contributed by atoms with E-state index in [4.69, 9.17) is 37.0 Å². The van der Waals surface area contributed by atoms with Gasteiger partial charge in [0.1, 0.15) is 19.3 Å². The molecule has 0 bridgehead atoms. The summed E-state index contributed by atoms with van der Waals surface area (Å²) in [7, 11) is -9.92. The molecule has 19 heteroatoms. The molecule has 0 aromatic heterocycles. The predicted molar refractivity (Wildman–Crippen MR) is 418 cm³/mol. The van der Waals surface area contributed by atoms with E-state index in [1.165, 1.54) is 257 Å². The summed E-state index contributed by atoms with van der Waals surface area (Å²) in [5.74, 6) is -0.499. The van der Waals surface area contributed by atoms with E-state index in [0.29, 0.717) is 25.7 Å². The van der Waals surface area contributed by atoms with Crippen LogP contribution in [0.5, 0.6) is 0 Å². The summed E-state index contributed by atoms with van der Waals surface area (Å²) in [5, 5.41) is 10.6. The van der Waals surface area contributed by atoms with Gasteiger partial charge < -0.3 is 33.8 Å². The van der Waals surface area contributed by atoms with Crippen LogP contribution in [0.4, 0.5) is 0 Å². The van der Waals surface area contributed by atoms with E-state index >= 15 is 0 Å². The van der Waals surface area contributed by atoms with Crippen molar-refractivity contribution in [3.05, 3.63) is 0 Å². The Morgan fingerprint density at radius 1 is 0.284 bits per heavy atom. The number of carbonyl (C=O) groups is 4. The number of hydrogen-bond acceptors (Lipinski definition) is 15. The molecule has 0 spiro atoms. The van der Waals surface area contributed by atoms with Gasteiger partial charge >= 0.3 is 39.5 Å². The fourth-order valence-electron chi connectivity index (χ4n) is 12.9. The van der Waals surface area contributed by atoms with Gasteiger partial charge in [-0.1, -0.05) is 388 Å². The molecule has 0 saturated heterocycles. The van der Waals surface area contributed by atoms with E-state index in [1.807, 2.05) is 0 Å². The minimum absolute atomic E-state index is 0.106. The number of aliphatic hydroxyl groups excluding tert-OH is 1. The lowest BCUT2D eigenvalue weighted by molar-refractivity contribution is -0.161. The zero-order valence-electron chi connectivity index (χ0n) is 66.9. The molecular formula is C83H162O17P2. The lowest BCUT2D eigenvalue weighted by atomic mass is 9.99. The van der Waals surface area contributed by atoms with E-state index in [1.54, 1.807) is 0 Å². The number of ether oxygens (including phenoxy) is 4. The molecule has 0 rings (SSSR count). The summed E-state index contributed by atoms with van der Waals surface area (Å²) in [5.41, 5.74) is 0. The van der Waals surface area contributed by atoms with Crippen molar-refractivity contribution in [2.75, 3.05) is 39.6 Å². The molecule has 0 aliphatic carbocycles. The number of rotatable bonds is 82. The highest BCUT2D eigenvalue weighted by Crippen LogP contribution is 2.45. The summed E-state index contributed by atoms with van der Waals surface area (Å²) in [6.07, 6.45) is 65.2. The molecule has 0 heterocycles. The van der Waals surface area contributed by atoms with E-state index in [0.717, 1.165) is 102 Å². The van der Waals surface area contributed by atoms with Crippen molar-refractivity contribution in [2.45, 2.75) is 458 Å². The molecule has 0 aliphatic rings. The van der Waals surface area contributed by atoms with Crippen LogP contribution in [0.1, 0.15) is 440 Å². The summed E-state index contributed by atoms with van der Waals surface area (Å²) in [6, 6.07) is 0. The van der Waals surface area contributed by atoms with Gasteiger partial charge in [0.15, 0.2) is 12.2 Å². The monoisotopic (exact) mass is 1490 g/mol. The quantitative estimate of drug-likeness (QED) is 0.0222. The van der Waals surface area contributed by atoms with Crippen LogP contribution in [0.25, 0.3) is 0 Å². The second-order valence-electron chi connectivity index (χ2n) is 30.6. The Morgan fingerprint density at radius 2 is 0.500 bits per heavy atom. The summed E-state index contributed by atoms with van der Waals surface area (Å²) < 4.78 is 68.8. The molecule has 0 amide bonds. The molecule has 3 unspecified atom stereocenters. The topological polar surface area (TPSA) is 237 Å². The van der Waals surface area contributed by atoms with Gasteiger partial charge in [-0.05, 0) is 37.5 Å². The number of phosphoric ester groups is 2. The molecule has 0 fully saturated rings. The standard InChI is InChI=1S/C83H162O17P2/c1-7-10-12-14-16-18-20-21-22-25-29-32-36-42-48-54-60-66-81(86)94-71-78(99-82(87)67-61-55-49-43-37-33-30-27-24-23-26-28-31-35-40-46-52-58-64-76(6)9-3)73-97-101(89,90)95-69-77(84)70-96-102(91,92)98-74-79(72-93-80(85)65-59-53-47-41-34-19-17-15-13-11-8-2)100-83(88)68-62-56-50-44-38-39-45-51-57-63-75(4)5/h75-79,84H,7-74H2,1-6H3,(H,89,90)(H,91,92)/t76?,77-,78-,79-/m1/s1. The van der Waals surface area contributed by atoms with Crippen molar-refractivity contribution in [2.24, 2.45) is 11.8 Å². The van der Waals surface area contributed by atoms with Crippen LogP contribution in [0.2, 0.25) is 0 Å². The van der Waals surface area contributed by atoms with Crippen LogP contribution in [0.15, 0.2) is 0 Å². The van der Waals surface area contributed by atoms with Gasteiger partial charge in [-0.2, -0.15) is 0 Å². The number of esters is 4. The Kier molecular flexibility index (Phi) is 73.1. The van der Waals surface area contributed by atoms with Crippen molar-refractivity contribution in [1.29, 1.82) is 0 Å². The van der Waals surface area contributed by atoms with E-state index < -0.39 is 97.5 Å². The zero-order chi connectivity index (χ0) is 74.9. The molecule has 0 radical (unpaired) electrons. The van der Waals surface area contributed by atoms with Crippen LogP contribution in [-0.4, -0.2) is 96.7 Å². The van der Waals surface area contributed by atoms with Gasteiger partial charge in [0.25, 0.3) is 0 Å². The average Bonchev–Trinajstić information content (AvgIpc) is 0.914. The first-order valence-electron chi connectivity index (χ1n) is 43.0. The van der Waals surface area contributed by atoms with Crippen molar-refractivity contribution in [1.82, 2.24) is 0 Å². The Hall–Kier alpha value is -1.94. The smallest absolute Gasteiger partial charge is 0.462 e. The normalized spacial score (nSPS) is 14.1. The fraction of sp³-hybridized carbons (Fsp3) is 0.952. The number of aliphatic hydroxyl groups is 1. The molecule has 102 heavy (non-hydrogen) atoms. The SMILES string of the molecule is CCCCCCCCCCCCCCCCCCCC(=O)OC[C@H](COP(=O)(O)OC[C@@H](O)COP(=O)(O)OC[C@@H](COC(=O)CCCCCCCCCCCCC)OC(=O)CCCCCCCCCCCC(C)C)OC(=O)CCCCCCCCCCCCCCCCCCCCC(C)CC. The Balaban J connectivity index is 5.22. The maximum Gasteiger partial charge on any atom is 0.472 e. The van der Waals surface area contributed by atoms with Gasteiger partial charge in [-0.15, -0.1) is 0 Å². The maximum absolute atomic E-state index is 13.1. The number of carbonyl (C=O) groups excluding carboxylic acids is 4. The van der Waals surface area contributed by atoms with Gasteiger partial charge in [0.05, 0.1) is 26.4 Å². The molecule has 0 aromatic rings. The Morgan fingerprint density at radius 3 is 0.745 bits per heavy atom. The lowest BCUT2D eigenvalue weighted by Crippen LogP contribution is -2.30. The minimum atomic E-state index is -4.96. The van der Waals surface area contributed by atoms with E-state index in [2.05, 4.69) is 41.5 Å². The fourth-order valence-corrected chi connectivity index (χ4v) is 14.4. The van der Waals surface area contributed by atoms with Gasteiger partial charge in [-0.3, -0.25) is 37.3 Å². The van der Waals surface area contributed by atoms with Gasteiger partial charge in [0.2, 0.25) is 0 Å². The second kappa shape index (κ2) is 74.5. The van der Waals surface area contributed by atoms with Crippen LogP contribution >= 0.6 is 15.6 Å². The minimum Gasteiger partial charge on any atom is -0.462 e.